The molecular weight excluding hydrogens is 521 g/mol. The summed E-state index contributed by atoms with van der Waals surface area (Å²) in [5.41, 5.74) is 5.33. The van der Waals surface area contributed by atoms with Gasteiger partial charge in [-0.25, -0.2) is 8.78 Å². The van der Waals surface area contributed by atoms with Gasteiger partial charge in [-0.2, -0.15) is 0 Å². The van der Waals surface area contributed by atoms with Crippen molar-refractivity contribution in [2.24, 2.45) is 23.2 Å². The number of halogens is 2. The Morgan fingerprint density at radius 2 is 2.02 bits per heavy atom. The molecule has 41 heavy (non-hydrogen) atoms. The number of rotatable bonds is 8. The normalized spacial score (nSPS) is 28.1. The molecule has 0 spiro atoms. The zero-order chi connectivity index (χ0) is 28.9. The molecule has 0 bridgehead atoms. The molecule has 1 aromatic heterocycles. The molecule has 3 aromatic rings. The van der Waals surface area contributed by atoms with Crippen molar-refractivity contribution in [1.82, 2.24) is 10.3 Å². The third-order valence-corrected chi connectivity index (χ3v) is 10.9. The topological polar surface area (TPSA) is 85.3 Å². The number of carbonyl (C=O) groups excluding carboxylic acids is 1. The van der Waals surface area contributed by atoms with E-state index in [4.69, 9.17) is 0 Å². The first-order valence-electron chi connectivity index (χ1n) is 15.3. The summed E-state index contributed by atoms with van der Waals surface area (Å²) >= 11 is 0. The lowest BCUT2D eigenvalue weighted by Crippen LogP contribution is -2.47. The molecular formula is C33H41BF2N2O3. The Morgan fingerprint density at radius 3 is 2.83 bits per heavy atom. The van der Waals surface area contributed by atoms with Crippen LogP contribution in [0.15, 0.2) is 42.6 Å². The first kappa shape index (κ1) is 28.4. The zero-order valence-electron chi connectivity index (χ0n) is 24.1. The number of H-pyrrole nitrogens is 1. The van der Waals surface area contributed by atoms with Crippen molar-refractivity contribution in [3.05, 3.63) is 64.8 Å². The average Bonchev–Trinajstić information content (AvgIpc) is 3.44. The predicted octanol–water partition coefficient (Wildman–Crippen LogP) is 5.40. The highest BCUT2D eigenvalue weighted by molar-refractivity contribution is 6.58. The number of amides is 1. The second kappa shape index (κ2) is 10.8. The van der Waals surface area contributed by atoms with Gasteiger partial charge in [-0.1, -0.05) is 43.3 Å². The van der Waals surface area contributed by atoms with E-state index < -0.39 is 18.5 Å². The molecule has 218 valence electrons. The predicted molar refractivity (Wildman–Crippen MR) is 158 cm³/mol. The molecule has 5 nitrogen and oxygen atoms in total. The van der Waals surface area contributed by atoms with Crippen molar-refractivity contribution in [2.75, 3.05) is 6.54 Å². The van der Waals surface area contributed by atoms with Crippen molar-refractivity contribution in [1.29, 1.82) is 0 Å². The molecule has 2 saturated carbocycles. The molecule has 0 aliphatic heterocycles. The van der Waals surface area contributed by atoms with Crippen LogP contribution in [0.4, 0.5) is 8.78 Å². The lowest BCUT2D eigenvalue weighted by molar-refractivity contribution is -0.133. The molecule has 0 saturated heterocycles. The second-order valence-corrected chi connectivity index (χ2v) is 13.1. The number of carbonyl (C=O) groups is 1. The van der Waals surface area contributed by atoms with Gasteiger partial charge in [0.25, 0.3) is 5.92 Å². The third-order valence-electron chi connectivity index (χ3n) is 10.9. The number of benzene rings is 2. The van der Waals surface area contributed by atoms with Gasteiger partial charge in [0.15, 0.2) is 0 Å². The van der Waals surface area contributed by atoms with Crippen LogP contribution >= 0.6 is 0 Å². The van der Waals surface area contributed by atoms with Gasteiger partial charge in [0, 0.05) is 41.9 Å². The van der Waals surface area contributed by atoms with Gasteiger partial charge >= 0.3 is 7.12 Å². The summed E-state index contributed by atoms with van der Waals surface area (Å²) in [5.74, 6) is -2.44. The van der Waals surface area contributed by atoms with Crippen LogP contribution in [-0.2, 0) is 17.6 Å². The van der Waals surface area contributed by atoms with Crippen LogP contribution in [0.1, 0.15) is 80.0 Å². The second-order valence-electron chi connectivity index (χ2n) is 13.1. The Labute approximate surface area is 241 Å². The highest BCUT2D eigenvalue weighted by Gasteiger charge is 2.67. The van der Waals surface area contributed by atoms with Gasteiger partial charge in [-0.05, 0) is 103 Å². The first-order valence-corrected chi connectivity index (χ1v) is 15.3. The van der Waals surface area contributed by atoms with Gasteiger partial charge in [0.2, 0.25) is 5.91 Å². The number of aromatic amines is 1. The van der Waals surface area contributed by atoms with Crippen LogP contribution in [0.3, 0.4) is 0 Å². The maximum atomic E-state index is 15.6. The van der Waals surface area contributed by atoms with Crippen LogP contribution in [0, 0.1) is 30.1 Å². The number of aromatic nitrogens is 1. The van der Waals surface area contributed by atoms with Crippen molar-refractivity contribution >= 4 is 29.4 Å². The molecule has 0 unspecified atom stereocenters. The molecule has 1 heterocycles. The molecule has 4 N–H and O–H groups in total. The first-order chi connectivity index (χ1) is 19.6. The molecule has 5 atom stereocenters. The monoisotopic (exact) mass is 562 g/mol. The maximum absolute atomic E-state index is 15.6. The van der Waals surface area contributed by atoms with E-state index in [0.717, 1.165) is 36.8 Å². The Bertz CT molecular complexity index is 1440. The number of fused-ring (bicyclic) bond motifs is 6. The number of alkyl halides is 2. The number of para-hydroxylation sites is 1. The van der Waals surface area contributed by atoms with Gasteiger partial charge in [0.1, 0.15) is 0 Å². The van der Waals surface area contributed by atoms with Crippen molar-refractivity contribution in [3.8, 4) is 0 Å². The molecule has 2 fully saturated rings. The van der Waals surface area contributed by atoms with E-state index >= 15 is 8.78 Å². The van der Waals surface area contributed by atoms with E-state index in [0.29, 0.717) is 37.7 Å². The minimum absolute atomic E-state index is 0.0106. The Kier molecular flexibility index (Phi) is 7.52. The largest absolute Gasteiger partial charge is 0.488 e. The van der Waals surface area contributed by atoms with Crippen LogP contribution < -0.4 is 10.8 Å². The quantitative estimate of drug-likeness (QED) is 0.278. The Hall–Kier alpha value is -2.71. The highest BCUT2D eigenvalue weighted by atomic mass is 19.3. The van der Waals surface area contributed by atoms with Crippen molar-refractivity contribution in [3.63, 3.8) is 0 Å². The summed E-state index contributed by atoms with van der Waals surface area (Å²) in [6, 6.07) is 11.9. The highest BCUT2D eigenvalue weighted by Crippen LogP contribution is 2.68. The van der Waals surface area contributed by atoms with E-state index in [1.165, 1.54) is 22.1 Å². The summed E-state index contributed by atoms with van der Waals surface area (Å²) in [7, 11) is -1.50. The molecule has 3 aliphatic carbocycles. The number of hydrogen-bond acceptors (Lipinski definition) is 3. The minimum atomic E-state index is -2.70. The fourth-order valence-corrected chi connectivity index (χ4v) is 8.80. The number of nitrogens with one attached hydrogen (secondary N) is 2. The molecule has 8 heteroatoms. The van der Waals surface area contributed by atoms with E-state index in [1.54, 1.807) is 6.07 Å². The molecule has 3 aliphatic rings. The maximum Gasteiger partial charge on any atom is 0.488 e. The summed E-state index contributed by atoms with van der Waals surface area (Å²) in [6.45, 7) is 4.45. The van der Waals surface area contributed by atoms with E-state index in [1.807, 2.05) is 31.3 Å². The zero-order valence-corrected chi connectivity index (χ0v) is 24.1. The molecule has 0 radical (unpaired) electrons. The molecule has 2 aromatic carbocycles. The fraction of sp³-hybridized carbons (Fsp3) is 0.545. The summed E-state index contributed by atoms with van der Waals surface area (Å²) in [6.07, 6.45) is 7.18. The van der Waals surface area contributed by atoms with Crippen LogP contribution in [-0.4, -0.2) is 40.5 Å². The smallest absolute Gasteiger partial charge is 0.423 e. The van der Waals surface area contributed by atoms with Crippen molar-refractivity contribution in [2.45, 2.75) is 83.5 Å². The molecule has 1 amide bonds. The lowest BCUT2D eigenvalue weighted by Gasteiger charge is -2.51. The van der Waals surface area contributed by atoms with Gasteiger partial charge in [0.05, 0.1) is 0 Å². The summed E-state index contributed by atoms with van der Waals surface area (Å²) in [5, 5.41) is 23.4. The van der Waals surface area contributed by atoms with E-state index in [9.17, 15) is 14.8 Å². The summed E-state index contributed by atoms with van der Waals surface area (Å²) < 4.78 is 31.2. The van der Waals surface area contributed by atoms with Crippen LogP contribution in [0.5, 0.6) is 0 Å². The standard InChI is InChI=1S/C33H41BF2N2O3/c1-20-5-3-7-26-23(19-38-31(20)26)14-16-37-29(39)8-4-6-22-18-33(35,36)32(2)15-13-27-25-12-10-24(34(40)41)17-21(25)9-11-28(27)30(22)32/h3,5,7,10,12,17,19,22,27-28,30,38,40-41H,4,6,8-9,11,13-16,18H2,1-2H3,(H,37,39)/t22-,27+,28+,30-,32-/m0/s1. The van der Waals surface area contributed by atoms with Crippen LogP contribution in [0.25, 0.3) is 10.9 Å². The van der Waals surface area contributed by atoms with Crippen molar-refractivity contribution < 1.29 is 23.6 Å². The summed E-state index contributed by atoms with van der Waals surface area (Å²) in [4.78, 5) is 16.0. The Morgan fingerprint density at radius 1 is 1.20 bits per heavy atom. The fourth-order valence-electron chi connectivity index (χ4n) is 8.80. The number of aryl methyl sites for hydroxylation is 2. The number of hydrogen-bond donors (Lipinski definition) is 4. The van der Waals surface area contributed by atoms with E-state index in [2.05, 4.69) is 29.4 Å². The lowest BCUT2D eigenvalue weighted by atomic mass is 9.53. The SMILES string of the molecule is Cc1cccc2c(CCNC(=O)CCC[C@H]3CC(F)(F)[C@@]4(C)CC[C@@H]5c6ccc(B(O)O)cc6CC[C@H]5[C@H]34)c[nH]c12. The van der Waals surface area contributed by atoms with E-state index in [-0.39, 0.29) is 36.0 Å². The Balaban J connectivity index is 1.07. The van der Waals surface area contributed by atoms with Crippen LogP contribution in [0.2, 0.25) is 0 Å². The third kappa shape index (κ3) is 5.01. The average molecular weight is 563 g/mol. The molecule has 6 rings (SSSR count). The van der Waals surface area contributed by atoms with Gasteiger partial charge in [-0.15, -0.1) is 0 Å². The minimum Gasteiger partial charge on any atom is -0.423 e. The van der Waals surface area contributed by atoms with Gasteiger partial charge < -0.3 is 20.3 Å². The van der Waals surface area contributed by atoms with Gasteiger partial charge in [-0.3, -0.25) is 4.79 Å².